The van der Waals surface area contributed by atoms with Gasteiger partial charge in [0, 0.05) is 25.1 Å². The first kappa shape index (κ1) is 23.6. The van der Waals surface area contributed by atoms with Gasteiger partial charge in [0.15, 0.2) is 16.7 Å². The minimum Gasteiger partial charge on any atom is -0.493 e. The molecule has 9 heteroatoms. The predicted molar refractivity (Wildman–Crippen MR) is 129 cm³/mol. The molecule has 2 aromatic carbocycles. The van der Waals surface area contributed by atoms with Gasteiger partial charge in [-0.3, -0.25) is 9.59 Å². The van der Waals surface area contributed by atoms with E-state index in [4.69, 9.17) is 9.47 Å². The number of hydrogen-bond acceptors (Lipinski definition) is 6. The molecule has 0 spiro atoms. The Balaban J connectivity index is 1.68. The maximum Gasteiger partial charge on any atom is 0.279 e. The molecule has 0 unspecified atom stereocenters. The van der Waals surface area contributed by atoms with Crippen molar-refractivity contribution in [2.45, 2.75) is 23.2 Å². The van der Waals surface area contributed by atoms with Crippen molar-refractivity contribution in [1.29, 1.82) is 0 Å². The number of carbonyl (C=O) groups excluding carboxylic acids is 1. The Hall–Kier alpha value is -3.59. The van der Waals surface area contributed by atoms with E-state index in [9.17, 15) is 14.0 Å². The van der Waals surface area contributed by atoms with Crippen LogP contribution in [0.1, 0.15) is 29.0 Å². The standard InChI is InChI=1S/C25H24FN3O4S/c1-4-11-33-19-10-7-16(12-20(19)32-3)18-13-21(30)27-23-22(18)24(31)28-25(29(23)2)34-14-15-5-8-17(26)9-6-15/h4-10,12,18H,1,11,13-14H2,2-3H3,(H,27,30)/t18-/m0/s1. The molecule has 1 atom stereocenters. The Morgan fingerprint density at radius 1 is 1.24 bits per heavy atom. The van der Waals surface area contributed by atoms with E-state index in [1.165, 1.54) is 31.0 Å². The topological polar surface area (TPSA) is 82.5 Å². The van der Waals surface area contributed by atoms with Crippen molar-refractivity contribution in [3.63, 3.8) is 0 Å². The van der Waals surface area contributed by atoms with E-state index in [0.29, 0.717) is 40.4 Å². The van der Waals surface area contributed by atoms with Gasteiger partial charge in [-0.1, -0.05) is 42.6 Å². The summed E-state index contributed by atoms with van der Waals surface area (Å²) in [6.45, 7) is 3.97. The number of amides is 1. The molecule has 0 saturated heterocycles. The summed E-state index contributed by atoms with van der Waals surface area (Å²) in [6, 6.07) is 11.5. The Bertz CT molecular complexity index is 1290. The maximum atomic E-state index is 13.2. The van der Waals surface area contributed by atoms with E-state index in [-0.39, 0.29) is 18.1 Å². The van der Waals surface area contributed by atoms with Crippen molar-refractivity contribution in [3.05, 3.63) is 88.0 Å². The zero-order chi connectivity index (χ0) is 24.2. The lowest BCUT2D eigenvalue weighted by molar-refractivity contribution is -0.116. The number of nitrogens with zero attached hydrogens (tertiary/aromatic N) is 2. The summed E-state index contributed by atoms with van der Waals surface area (Å²) in [5, 5.41) is 3.29. The van der Waals surface area contributed by atoms with Gasteiger partial charge in [-0.25, -0.2) is 4.39 Å². The van der Waals surface area contributed by atoms with Gasteiger partial charge in [-0.15, -0.1) is 0 Å². The highest BCUT2D eigenvalue weighted by molar-refractivity contribution is 7.98. The summed E-state index contributed by atoms with van der Waals surface area (Å²) in [4.78, 5) is 30.0. The molecule has 1 N–H and O–H groups in total. The zero-order valence-corrected chi connectivity index (χ0v) is 19.7. The summed E-state index contributed by atoms with van der Waals surface area (Å²) in [5.74, 6) is 0.994. The van der Waals surface area contributed by atoms with E-state index in [1.807, 2.05) is 6.07 Å². The average Bonchev–Trinajstić information content (AvgIpc) is 2.84. The number of aromatic nitrogens is 2. The Labute approximate surface area is 200 Å². The molecular formula is C25H24FN3O4S. The van der Waals surface area contributed by atoms with Crippen molar-refractivity contribution in [3.8, 4) is 11.5 Å². The van der Waals surface area contributed by atoms with Gasteiger partial charge in [0.05, 0.1) is 12.7 Å². The fraction of sp³-hybridized carbons (Fsp3) is 0.240. The fourth-order valence-corrected chi connectivity index (χ4v) is 4.77. The number of rotatable bonds is 8. The van der Waals surface area contributed by atoms with Crippen molar-refractivity contribution < 1.29 is 18.7 Å². The molecule has 4 rings (SSSR count). The van der Waals surface area contributed by atoms with Crippen LogP contribution in [0, 0.1) is 5.82 Å². The van der Waals surface area contributed by atoms with Crippen LogP contribution in [0.15, 0.2) is 65.1 Å². The molecule has 7 nitrogen and oxygen atoms in total. The molecule has 0 fully saturated rings. The van der Waals surface area contributed by atoms with Crippen LogP contribution in [0.5, 0.6) is 11.5 Å². The largest absolute Gasteiger partial charge is 0.493 e. The second kappa shape index (κ2) is 10.1. The lowest BCUT2D eigenvalue weighted by atomic mass is 9.86. The lowest BCUT2D eigenvalue weighted by Gasteiger charge is -2.28. The molecule has 1 aliphatic rings. The highest BCUT2D eigenvalue weighted by Gasteiger charge is 2.32. The number of methoxy groups -OCH3 is 1. The van der Waals surface area contributed by atoms with Crippen LogP contribution in [0.25, 0.3) is 0 Å². The van der Waals surface area contributed by atoms with Crippen LogP contribution < -0.4 is 20.3 Å². The van der Waals surface area contributed by atoms with Gasteiger partial charge < -0.3 is 19.4 Å². The van der Waals surface area contributed by atoms with Crippen molar-refractivity contribution in [1.82, 2.24) is 9.55 Å². The minimum absolute atomic E-state index is 0.113. The molecule has 3 aromatic rings. The van der Waals surface area contributed by atoms with Crippen molar-refractivity contribution >= 4 is 23.5 Å². The molecule has 176 valence electrons. The second-order valence-corrected chi connectivity index (χ2v) is 8.69. The quantitative estimate of drug-likeness (QED) is 0.294. The third-order valence-corrected chi connectivity index (χ3v) is 6.63. The second-order valence-electron chi connectivity index (χ2n) is 7.75. The molecule has 0 bridgehead atoms. The first-order valence-corrected chi connectivity index (χ1v) is 11.6. The average molecular weight is 482 g/mol. The van der Waals surface area contributed by atoms with E-state index in [0.717, 1.165) is 11.1 Å². The molecular weight excluding hydrogens is 457 g/mol. The maximum absolute atomic E-state index is 13.2. The first-order chi connectivity index (χ1) is 16.4. The molecule has 1 amide bonds. The SMILES string of the molecule is C=CCOc1ccc([C@@H]2CC(=O)Nc3c2c(=O)nc(SCc2ccc(F)cc2)n3C)cc1OC. The number of nitrogens with one attached hydrogen (secondary N) is 1. The summed E-state index contributed by atoms with van der Waals surface area (Å²) < 4.78 is 26.0. The highest BCUT2D eigenvalue weighted by atomic mass is 32.2. The molecule has 0 saturated carbocycles. The van der Waals surface area contributed by atoms with E-state index < -0.39 is 11.5 Å². The van der Waals surface area contributed by atoms with Crippen LogP contribution in [-0.2, 0) is 17.6 Å². The smallest absolute Gasteiger partial charge is 0.279 e. The van der Waals surface area contributed by atoms with E-state index in [1.54, 1.807) is 42.0 Å². The van der Waals surface area contributed by atoms with Gasteiger partial charge in [0.2, 0.25) is 5.91 Å². The zero-order valence-electron chi connectivity index (χ0n) is 18.8. The fourth-order valence-electron chi connectivity index (χ4n) is 3.85. The lowest BCUT2D eigenvalue weighted by Crippen LogP contribution is -2.33. The first-order valence-electron chi connectivity index (χ1n) is 10.6. The van der Waals surface area contributed by atoms with Crippen LogP contribution in [0.4, 0.5) is 10.2 Å². The summed E-state index contributed by atoms with van der Waals surface area (Å²) in [7, 11) is 3.29. The van der Waals surface area contributed by atoms with E-state index in [2.05, 4.69) is 16.9 Å². The molecule has 2 heterocycles. The number of halogens is 1. The van der Waals surface area contributed by atoms with Crippen LogP contribution in [0.2, 0.25) is 0 Å². The van der Waals surface area contributed by atoms with Gasteiger partial charge in [0.1, 0.15) is 18.2 Å². The van der Waals surface area contributed by atoms with Crippen molar-refractivity contribution in [2.24, 2.45) is 7.05 Å². The van der Waals surface area contributed by atoms with Gasteiger partial charge in [0.25, 0.3) is 5.56 Å². The third-order valence-electron chi connectivity index (χ3n) is 5.53. The van der Waals surface area contributed by atoms with Gasteiger partial charge in [-0.2, -0.15) is 4.98 Å². The van der Waals surface area contributed by atoms with Crippen LogP contribution in [0.3, 0.4) is 0 Å². The number of benzene rings is 2. The highest BCUT2D eigenvalue weighted by Crippen LogP contribution is 2.39. The molecule has 34 heavy (non-hydrogen) atoms. The molecule has 0 radical (unpaired) electrons. The predicted octanol–water partition coefficient (Wildman–Crippen LogP) is 4.26. The summed E-state index contributed by atoms with van der Waals surface area (Å²) >= 11 is 1.34. The van der Waals surface area contributed by atoms with E-state index >= 15 is 0 Å². The molecule has 1 aromatic heterocycles. The number of anilines is 1. The van der Waals surface area contributed by atoms with Crippen molar-refractivity contribution in [2.75, 3.05) is 19.0 Å². The summed E-state index contributed by atoms with van der Waals surface area (Å²) in [5.41, 5.74) is 1.68. The molecule has 0 aliphatic carbocycles. The van der Waals surface area contributed by atoms with Crippen LogP contribution >= 0.6 is 11.8 Å². The Morgan fingerprint density at radius 3 is 2.71 bits per heavy atom. The Kier molecular flexibility index (Phi) is 7.02. The third kappa shape index (κ3) is 4.84. The number of thioether (sulfide) groups is 1. The number of fused-ring (bicyclic) bond motifs is 1. The monoisotopic (exact) mass is 481 g/mol. The Morgan fingerprint density at radius 2 is 2.00 bits per heavy atom. The number of hydrogen-bond donors (Lipinski definition) is 1. The normalized spacial score (nSPS) is 14.8. The number of carbonyl (C=O) groups is 1. The van der Waals surface area contributed by atoms with Gasteiger partial charge in [-0.05, 0) is 35.4 Å². The number of ether oxygens (including phenoxy) is 2. The minimum atomic E-state index is -0.478. The van der Waals surface area contributed by atoms with Crippen LogP contribution in [-0.4, -0.2) is 29.2 Å². The molecule has 1 aliphatic heterocycles. The summed E-state index contributed by atoms with van der Waals surface area (Å²) in [6.07, 6.45) is 1.75. The van der Waals surface area contributed by atoms with Gasteiger partial charge >= 0.3 is 0 Å².